The SMILES string of the molecule is CC1CCC(NS(=O)(=O)c2ccc(Sc3nnc(C4CC4)n3C3CC3)c([N+](=O)[O-])c2)CC1. The van der Waals surface area contributed by atoms with Gasteiger partial charge in [-0.2, -0.15) is 0 Å². The Morgan fingerprint density at radius 3 is 2.44 bits per heavy atom. The van der Waals surface area contributed by atoms with E-state index in [9.17, 15) is 18.5 Å². The van der Waals surface area contributed by atoms with Crippen LogP contribution in [0.2, 0.25) is 0 Å². The summed E-state index contributed by atoms with van der Waals surface area (Å²) in [6.07, 6.45) is 7.88. The van der Waals surface area contributed by atoms with Crippen LogP contribution in [0.1, 0.15) is 76.1 Å². The van der Waals surface area contributed by atoms with Crippen molar-refractivity contribution in [2.24, 2.45) is 5.92 Å². The summed E-state index contributed by atoms with van der Waals surface area (Å²) in [5.74, 6) is 2.02. The fourth-order valence-corrected chi connectivity index (χ4v) is 6.63. The summed E-state index contributed by atoms with van der Waals surface area (Å²) in [4.78, 5) is 11.6. The second-order valence-corrected chi connectivity index (χ2v) is 12.0. The minimum absolute atomic E-state index is 0.0745. The maximum absolute atomic E-state index is 12.9. The number of nitro benzene ring substituents is 1. The minimum atomic E-state index is -3.83. The van der Waals surface area contributed by atoms with Crippen molar-refractivity contribution in [2.75, 3.05) is 0 Å². The van der Waals surface area contributed by atoms with Gasteiger partial charge in [0.05, 0.1) is 14.7 Å². The molecule has 9 nitrogen and oxygen atoms in total. The van der Waals surface area contributed by atoms with Crippen LogP contribution in [0.4, 0.5) is 5.69 Å². The first kappa shape index (κ1) is 21.8. The zero-order chi connectivity index (χ0) is 22.5. The zero-order valence-electron chi connectivity index (χ0n) is 17.9. The van der Waals surface area contributed by atoms with E-state index in [2.05, 4.69) is 26.4 Å². The number of hydrogen-bond acceptors (Lipinski definition) is 7. The Balaban J connectivity index is 1.40. The molecule has 0 amide bonds. The normalized spacial score (nSPS) is 23.9. The molecule has 3 aliphatic carbocycles. The van der Waals surface area contributed by atoms with E-state index < -0.39 is 14.9 Å². The van der Waals surface area contributed by atoms with Crippen molar-refractivity contribution in [1.82, 2.24) is 19.5 Å². The summed E-state index contributed by atoms with van der Waals surface area (Å²) in [5, 5.41) is 21.1. The fourth-order valence-electron chi connectivity index (χ4n) is 4.31. The van der Waals surface area contributed by atoms with Gasteiger partial charge in [0.15, 0.2) is 5.16 Å². The van der Waals surface area contributed by atoms with Crippen molar-refractivity contribution in [3.8, 4) is 0 Å². The number of rotatable bonds is 8. The summed E-state index contributed by atoms with van der Waals surface area (Å²) >= 11 is 1.19. The lowest BCUT2D eigenvalue weighted by atomic mass is 9.88. The highest BCUT2D eigenvalue weighted by molar-refractivity contribution is 7.99. The van der Waals surface area contributed by atoms with Crippen molar-refractivity contribution < 1.29 is 13.3 Å². The highest BCUT2D eigenvalue weighted by Gasteiger charge is 2.37. The van der Waals surface area contributed by atoms with Crippen molar-refractivity contribution in [3.05, 3.63) is 34.1 Å². The molecular weight excluding hydrogens is 450 g/mol. The summed E-state index contributed by atoms with van der Waals surface area (Å²) in [6.45, 7) is 2.17. The van der Waals surface area contributed by atoms with E-state index in [-0.39, 0.29) is 16.6 Å². The van der Waals surface area contributed by atoms with E-state index in [1.165, 1.54) is 23.9 Å². The molecule has 0 saturated heterocycles. The molecule has 0 radical (unpaired) electrons. The molecule has 11 heteroatoms. The van der Waals surface area contributed by atoms with Gasteiger partial charge in [0, 0.05) is 24.1 Å². The molecule has 0 spiro atoms. The molecule has 32 heavy (non-hydrogen) atoms. The number of sulfonamides is 1. The predicted octanol–water partition coefficient (Wildman–Crippen LogP) is 4.41. The van der Waals surface area contributed by atoms with Gasteiger partial charge in [0.1, 0.15) is 5.82 Å². The number of hydrogen-bond donors (Lipinski definition) is 1. The molecule has 1 aromatic carbocycles. The van der Waals surface area contributed by atoms with Gasteiger partial charge in [-0.1, -0.05) is 6.92 Å². The molecule has 1 aromatic heterocycles. The first-order valence-electron chi connectivity index (χ1n) is 11.2. The molecule has 3 saturated carbocycles. The number of benzene rings is 1. The number of nitro groups is 1. The molecule has 0 atom stereocenters. The Hall–Kier alpha value is -1.98. The maximum Gasteiger partial charge on any atom is 0.284 e. The van der Waals surface area contributed by atoms with Gasteiger partial charge in [-0.3, -0.25) is 10.1 Å². The summed E-state index contributed by atoms with van der Waals surface area (Å²) < 4.78 is 30.7. The molecule has 2 aromatic rings. The molecule has 3 aliphatic rings. The quantitative estimate of drug-likeness (QED) is 0.442. The zero-order valence-corrected chi connectivity index (χ0v) is 19.6. The molecule has 5 rings (SSSR count). The average Bonchev–Trinajstić information content (AvgIpc) is 3.68. The first-order valence-corrected chi connectivity index (χ1v) is 13.5. The smallest absolute Gasteiger partial charge is 0.284 e. The van der Waals surface area contributed by atoms with Crippen LogP contribution < -0.4 is 4.72 Å². The largest absolute Gasteiger partial charge is 0.302 e. The topological polar surface area (TPSA) is 120 Å². The van der Waals surface area contributed by atoms with E-state index in [0.29, 0.717) is 27.9 Å². The molecule has 0 bridgehead atoms. The molecule has 1 N–H and O–H groups in total. The minimum Gasteiger partial charge on any atom is -0.302 e. The van der Waals surface area contributed by atoms with Gasteiger partial charge in [-0.25, -0.2) is 13.1 Å². The third-order valence-corrected chi connectivity index (χ3v) is 9.07. The van der Waals surface area contributed by atoms with Crippen LogP contribution in [0.25, 0.3) is 0 Å². The lowest BCUT2D eigenvalue weighted by Crippen LogP contribution is -2.37. The van der Waals surface area contributed by atoms with Gasteiger partial charge < -0.3 is 4.57 Å². The van der Waals surface area contributed by atoms with Crippen molar-refractivity contribution in [3.63, 3.8) is 0 Å². The van der Waals surface area contributed by atoms with E-state index in [1.54, 1.807) is 0 Å². The van der Waals surface area contributed by atoms with E-state index in [0.717, 1.165) is 63.3 Å². The monoisotopic (exact) mass is 477 g/mol. The summed E-state index contributed by atoms with van der Waals surface area (Å²) in [5.41, 5.74) is -0.228. The van der Waals surface area contributed by atoms with Gasteiger partial charge in [0.2, 0.25) is 10.0 Å². The molecule has 0 aliphatic heterocycles. The first-order chi connectivity index (χ1) is 15.3. The van der Waals surface area contributed by atoms with Crippen LogP contribution in [0.5, 0.6) is 0 Å². The second kappa shape index (κ2) is 8.42. The highest BCUT2D eigenvalue weighted by atomic mass is 32.2. The Labute approximate surface area is 191 Å². The molecule has 3 fully saturated rings. The Kier molecular flexibility index (Phi) is 5.75. The second-order valence-electron chi connectivity index (χ2n) is 9.28. The Morgan fingerprint density at radius 1 is 1.09 bits per heavy atom. The summed E-state index contributed by atoms with van der Waals surface area (Å²) in [6, 6.07) is 4.37. The summed E-state index contributed by atoms with van der Waals surface area (Å²) in [7, 11) is -3.83. The van der Waals surface area contributed by atoms with Gasteiger partial charge in [-0.15, -0.1) is 10.2 Å². The number of nitrogens with one attached hydrogen (secondary N) is 1. The third-order valence-electron chi connectivity index (χ3n) is 6.52. The average molecular weight is 478 g/mol. The van der Waals surface area contributed by atoms with Crippen LogP contribution in [-0.4, -0.2) is 34.1 Å². The van der Waals surface area contributed by atoms with Crippen molar-refractivity contribution in [1.29, 1.82) is 0 Å². The third kappa shape index (κ3) is 4.55. The fraction of sp³-hybridized carbons (Fsp3) is 0.619. The lowest BCUT2D eigenvalue weighted by molar-refractivity contribution is -0.388. The number of aromatic nitrogens is 3. The van der Waals surface area contributed by atoms with Crippen LogP contribution in [0.3, 0.4) is 0 Å². The Morgan fingerprint density at radius 2 is 1.81 bits per heavy atom. The van der Waals surface area contributed by atoms with Gasteiger partial charge in [0.25, 0.3) is 5.69 Å². The number of nitrogens with zero attached hydrogens (tertiary/aromatic N) is 4. The standard InChI is InChI=1S/C21H27N5O4S2/c1-13-2-6-15(7-3-13)24-32(29,30)17-10-11-19(18(12-17)26(27)28)31-21-23-22-20(14-4-5-14)25(21)16-8-9-16/h10-16,24H,2-9H2,1H3. The highest BCUT2D eigenvalue weighted by Crippen LogP contribution is 2.47. The van der Waals surface area contributed by atoms with Crippen molar-refractivity contribution >= 4 is 27.5 Å². The maximum atomic E-state index is 12.9. The van der Waals surface area contributed by atoms with Crippen molar-refractivity contribution in [2.45, 2.75) is 91.2 Å². The predicted molar refractivity (Wildman–Crippen MR) is 119 cm³/mol. The van der Waals surface area contributed by atoms with E-state index in [4.69, 9.17) is 0 Å². The van der Waals surface area contributed by atoms with Gasteiger partial charge in [-0.05, 0) is 81.2 Å². The van der Waals surface area contributed by atoms with Crippen LogP contribution in [0, 0.1) is 16.0 Å². The van der Waals surface area contributed by atoms with E-state index in [1.807, 2.05) is 0 Å². The Bertz CT molecular complexity index is 1130. The van der Waals surface area contributed by atoms with Crippen LogP contribution in [0.15, 0.2) is 33.1 Å². The van der Waals surface area contributed by atoms with Crippen LogP contribution in [-0.2, 0) is 10.0 Å². The lowest BCUT2D eigenvalue weighted by Gasteiger charge is -2.26. The van der Waals surface area contributed by atoms with Crippen LogP contribution >= 0.6 is 11.8 Å². The van der Waals surface area contributed by atoms with Gasteiger partial charge >= 0.3 is 0 Å². The molecule has 0 unspecified atom stereocenters. The molecule has 1 heterocycles. The molecular formula is C21H27N5O4S2. The molecule has 172 valence electrons. The van der Waals surface area contributed by atoms with E-state index >= 15 is 0 Å².